The van der Waals surface area contributed by atoms with Gasteiger partial charge in [-0.15, -0.1) is 0 Å². The monoisotopic (exact) mass is 468 g/mol. The van der Waals surface area contributed by atoms with Crippen LogP contribution in [0.4, 0.5) is 13.2 Å². The van der Waals surface area contributed by atoms with E-state index in [9.17, 15) is 13.2 Å². The summed E-state index contributed by atoms with van der Waals surface area (Å²) in [6, 6.07) is 6.90. The van der Waals surface area contributed by atoms with Crippen molar-refractivity contribution >= 4 is 0 Å². The van der Waals surface area contributed by atoms with Gasteiger partial charge in [-0.1, -0.05) is 66.2 Å². The molecule has 3 atom stereocenters. The summed E-state index contributed by atoms with van der Waals surface area (Å²) in [5.41, 5.74) is 1.58. The van der Waals surface area contributed by atoms with Crippen LogP contribution in [-0.2, 0) is 12.7 Å². The number of nitrogens with zero attached hydrogens (tertiary/aromatic N) is 2. The van der Waals surface area contributed by atoms with Crippen molar-refractivity contribution in [3.8, 4) is 0 Å². The van der Waals surface area contributed by atoms with Gasteiger partial charge < -0.3 is 4.90 Å². The first-order valence-corrected chi connectivity index (χ1v) is 12.8. The number of halogens is 3. The molecular formula is C28H47F3N2. The van der Waals surface area contributed by atoms with Gasteiger partial charge in [0.1, 0.15) is 0 Å². The zero-order valence-electron chi connectivity index (χ0n) is 22.0. The molecule has 0 amide bonds. The topological polar surface area (TPSA) is 6.48 Å². The van der Waals surface area contributed by atoms with Crippen LogP contribution in [-0.4, -0.2) is 35.0 Å². The number of allylic oxidation sites excluding steroid dienone is 1. The average Bonchev–Trinajstić information content (AvgIpc) is 2.74. The summed E-state index contributed by atoms with van der Waals surface area (Å²) in [6.07, 6.45) is 3.27. The normalized spacial score (nSPS) is 15.0. The zero-order valence-corrected chi connectivity index (χ0v) is 22.0. The number of alkyl halides is 3. The molecular weight excluding hydrogens is 421 g/mol. The number of hydrogen-bond acceptors (Lipinski definition) is 2. The maximum absolute atomic E-state index is 12.9. The number of benzene rings is 1. The second-order valence-corrected chi connectivity index (χ2v) is 9.92. The predicted molar refractivity (Wildman–Crippen MR) is 135 cm³/mol. The lowest BCUT2D eigenvalue weighted by Gasteiger charge is -2.42. The molecule has 0 N–H and O–H groups in total. The van der Waals surface area contributed by atoms with Crippen molar-refractivity contribution in [3.05, 3.63) is 47.7 Å². The van der Waals surface area contributed by atoms with Crippen LogP contribution in [0.3, 0.4) is 0 Å². The van der Waals surface area contributed by atoms with Crippen molar-refractivity contribution in [2.45, 2.75) is 117 Å². The van der Waals surface area contributed by atoms with Crippen LogP contribution < -0.4 is 0 Å². The zero-order chi connectivity index (χ0) is 25.2. The van der Waals surface area contributed by atoms with Gasteiger partial charge in [0, 0.05) is 30.4 Å². The molecule has 0 radical (unpaired) electrons. The van der Waals surface area contributed by atoms with E-state index in [4.69, 9.17) is 0 Å². The summed E-state index contributed by atoms with van der Waals surface area (Å²) in [6.45, 7) is 18.7. The predicted octanol–water partition coefficient (Wildman–Crippen LogP) is 8.53. The fraction of sp³-hybridized carbons (Fsp3) is 0.714. The quantitative estimate of drug-likeness (QED) is 0.254. The molecule has 1 aromatic rings. The van der Waals surface area contributed by atoms with E-state index in [0.29, 0.717) is 30.6 Å². The molecule has 1 aromatic carbocycles. The first-order valence-electron chi connectivity index (χ1n) is 12.8. The van der Waals surface area contributed by atoms with E-state index in [1.807, 2.05) is 0 Å². The van der Waals surface area contributed by atoms with E-state index in [1.165, 1.54) is 17.8 Å². The molecule has 0 spiro atoms. The van der Waals surface area contributed by atoms with Crippen molar-refractivity contribution in [2.24, 2.45) is 5.92 Å². The van der Waals surface area contributed by atoms with E-state index in [1.54, 1.807) is 12.1 Å². The number of hydrogen-bond donors (Lipinski definition) is 0. The van der Waals surface area contributed by atoms with E-state index in [0.717, 1.165) is 50.5 Å². The minimum atomic E-state index is -4.29. The molecule has 33 heavy (non-hydrogen) atoms. The fourth-order valence-corrected chi connectivity index (χ4v) is 4.99. The van der Waals surface area contributed by atoms with Crippen LogP contribution in [0.1, 0.15) is 97.6 Å². The molecule has 0 aromatic heterocycles. The summed E-state index contributed by atoms with van der Waals surface area (Å²) >= 11 is 0. The minimum absolute atomic E-state index is 0.403. The Hall–Kier alpha value is -1.49. The minimum Gasteiger partial charge on any atom is -0.369 e. The summed E-state index contributed by atoms with van der Waals surface area (Å²) in [5, 5.41) is 0. The fourth-order valence-electron chi connectivity index (χ4n) is 4.99. The van der Waals surface area contributed by atoms with Gasteiger partial charge >= 0.3 is 6.18 Å². The van der Waals surface area contributed by atoms with Gasteiger partial charge in [0.25, 0.3) is 0 Å². The first-order chi connectivity index (χ1) is 15.5. The highest BCUT2D eigenvalue weighted by Gasteiger charge is 2.30. The van der Waals surface area contributed by atoms with Crippen LogP contribution in [0, 0.1) is 5.92 Å². The third-order valence-corrected chi connectivity index (χ3v) is 6.80. The molecule has 0 aliphatic rings. The van der Waals surface area contributed by atoms with Gasteiger partial charge in [0.15, 0.2) is 0 Å². The molecule has 0 fully saturated rings. The lowest BCUT2D eigenvalue weighted by atomic mass is 9.94. The van der Waals surface area contributed by atoms with E-state index in [-0.39, 0.29) is 0 Å². The molecule has 2 nitrogen and oxygen atoms in total. The van der Waals surface area contributed by atoms with Gasteiger partial charge in [-0.05, 0) is 69.7 Å². The van der Waals surface area contributed by atoms with E-state index < -0.39 is 11.7 Å². The Labute approximate surface area is 201 Å². The summed E-state index contributed by atoms with van der Waals surface area (Å²) in [7, 11) is 2.10. The molecule has 0 heterocycles. The Balaban J connectivity index is 2.87. The third-order valence-electron chi connectivity index (χ3n) is 6.80. The molecule has 0 bridgehead atoms. The van der Waals surface area contributed by atoms with Crippen LogP contribution in [0.2, 0.25) is 0 Å². The number of rotatable bonds is 15. The van der Waals surface area contributed by atoms with Gasteiger partial charge in [0.05, 0.1) is 5.56 Å². The summed E-state index contributed by atoms with van der Waals surface area (Å²) in [5.74, 6) is 0.569. The molecule has 1 rings (SSSR count). The van der Waals surface area contributed by atoms with Gasteiger partial charge in [0.2, 0.25) is 0 Å². The van der Waals surface area contributed by atoms with Crippen molar-refractivity contribution in [3.63, 3.8) is 0 Å². The van der Waals surface area contributed by atoms with Crippen molar-refractivity contribution in [1.82, 2.24) is 9.80 Å². The second kappa shape index (κ2) is 14.0. The largest absolute Gasteiger partial charge is 0.416 e. The first kappa shape index (κ1) is 29.5. The third kappa shape index (κ3) is 9.35. The molecule has 0 aliphatic carbocycles. The Morgan fingerprint density at radius 1 is 0.939 bits per heavy atom. The molecule has 5 heteroatoms. The Morgan fingerprint density at radius 3 is 2.00 bits per heavy atom. The van der Waals surface area contributed by atoms with Crippen molar-refractivity contribution in [2.75, 3.05) is 7.05 Å². The van der Waals surface area contributed by atoms with Crippen molar-refractivity contribution in [1.29, 1.82) is 0 Å². The van der Waals surface area contributed by atoms with Crippen LogP contribution >= 0.6 is 0 Å². The second-order valence-electron chi connectivity index (χ2n) is 9.92. The van der Waals surface area contributed by atoms with Gasteiger partial charge in [-0.3, -0.25) is 4.90 Å². The average molecular weight is 469 g/mol. The highest BCUT2D eigenvalue weighted by molar-refractivity contribution is 5.24. The van der Waals surface area contributed by atoms with E-state index >= 15 is 0 Å². The van der Waals surface area contributed by atoms with Gasteiger partial charge in [-0.2, -0.15) is 13.2 Å². The van der Waals surface area contributed by atoms with Crippen LogP contribution in [0.25, 0.3) is 0 Å². The molecule has 2 unspecified atom stereocenters. The Kier molecular flexibility index (Phi) is 12.6. The Morgan fingerprint density at radius 2 is 1.55 bits per heavy atom. The standard InChI is InChI=1S/C28H47F3N2/c1-9-12-22(6)33(27(11-3)21(4)5)23(7)14-19-26(13-10-2)32(8)20-24-15-17-25(18-16-24)28(29,30)31/h15-18,21,23,26-27H,6,9-14,19-20H2,1-5,7-8H3/t23-,26?,27?/m0/s1. The van der Waals surface area contributed by atoms with Gasteiger partial charge in [-0.25, -0.2) is 0 Å². The smallest absolute Gasteiger partial charge is 0.369 e. The van der Waals surface area contributed by atoms with E-state index in [2.05, 4.69) is 65.0 Å². The van der Waals surface area contributed by atoms with Crippen LogP contribution in [0.15, 0.2) is 36.5 Å². The molecule has 190 valence electrons. The highest BCUT2D eigenvalue weighted by Crippen LogP contribution is 2.30. The molecule has 0 aliphatic heterocycles. The van der Waals surface area contributed by atoms with Crippen molar-refractivity contribution < 1.29 is 13.2 Å². The van der Waals surface area contributed by atoms with Crippen LogP contribution in [0.5, 0.6) is 0 Å². The summed E-state index contributed by atoms with van der Waals surface area (Å²) in [4.78, 5) is 4.89. The summed E-state index contributed by atoms with van der Waals surface area (Å²) < 4.78 is 38.6. The SMILES string of the molecule is C=C(CCC)N(C(CC)C(C)C)[C@@H](C)CCC(CCC)N(C)Cc1ccc(C(F)(F)F)cc1. The molecule has 0 saturated carbocycles. The molecule has 0 saturated heterocycles. The Bertz CT molecular complexity index is 681. The maximum atomic E-state index is 12.9. The lowest BCUT2D eigenvalue weighted by Crippen LogP contribution is -2.44. The lowest BCUT2D eigenvalue weighted by molar-refractivity contribution is -0.137. The highest BCUT2D eigenvalue weighted by atomic mass is 19.4. The maximum Gasteiger partial charge on any atom is 0.416 e.